The van der Waals surface area contributed by atoms with Gasteiger partial charge in [0.2, 0.25) is 0 Å². The van der Waals surface area contributed by atoms with Crippen LogP contribution in [0, 0.1) is 6.92 Å². The van der Waals surface area contributed by atoms with Crippen molar-refractivity contribution in [1.29, 1.82) is 0 Å². The quantitative estimate of drug-likeness (QED) is 0.834. The molecule has 3 aliphatic rings. The van der Waals surface area contributed by atoms with Gasteiger partial charge in [-0.15, -0.1) is 0 Å². The highest BCUT2D eigenvalue weighted by Crippen LogP contribution is 2.48. The third-order valence-corrected chi connectivity index (χ3v) is 5.85. The summed E-state index contributed by atoms with van der Waals surface area (Å²) < 4.78 is 6.11. The summed E-state index contributed by atoms with van der Waals surface area (Å²) >= 11 is 0. The number of piperazine rings is 1. The molecule has 1 aliphatic carbocycles. The Labute approximate surface area is 144 Å². The molecule has 0 radical (unpaired) electrons. The minimum absolute atomic E-state index is 0.0574. The first kappa shape index (κ1) is 15.9. The number of hydrogen-bond acceptors (Lipinski definition) is 4. The summed E-state index contributed by atoms with van der Waals surface area (Å²) in [7, 11) is 2.16. The highest BCUT2D eigenvalue weighted by Gasteiger charge is 2.48. The molecule has 0 aromatic heterocycles. The van der Waals surface area contributed by atoms with E-state index in [1.807, 2.05) is 6.07 Å². The largest absolute Gasteiger partial charge is 0.488 e. The van der Waals surface area contributed by atoms with Gasteiger partial charge < -0.3 is 9.64 Å². The number of carbonyl (C=O) groups excluding carboxylic acids is 1. The summed E-state index contributed by atoms with van der Waals surface area (Å²) in [6, 6.07) is 6.35. The van der Waals surface area contributed by atoms with Gasteiger partial charge in [0.05, 0.1) is 5.41 Å². The third kappa shape index (κ3) is 2.58. The molecule has 0 saturated carbocycles. The van der Waals surface area contributed by atoms with Crippen molar-refractivity contribution in [2.45, 2.75) is 31.8 Å². The summed E-state index contributed by atoms with van der Waals surface area (Å²) in [5.74, 6) is 1.19. The van der Waals surface area contributed by atoms with Crippen molar-refractivity contribution in [3.05, 3.63) is 41.0 Å². The van der Waals surface area contributed by atoms with Gasteiger partial charge in [-0.2, -0.15) is 0 Å². The van der Waals surface area contributed by atoms with Crippen molar-refractivity contribution in [3.63, 3.8) is 0 Å². The van der Waals surface area contributed by atoms with Crippen LogP contribution in [0.1, 0.15) is 24.5 Å². The topological polar surface area (TPSA) is 32.8 Å². The van der Waals surface area contributed by atoms with Gasteiger partial charge in [0.15, 0.2) is 5.78 Å². The van der Waals surface area contributed by atoms with Crippen molar-refractivity contribution in [2.24, 2.45) is 0 Å². The summed E-state index contributed by atoms with van der Waals surface area (Å²) in [5.41, 5.74) is 3.26. The fraction of sp³-hybridized carbons (Fsp3) is 0.550. The number of hydrogen-bond donors (Lipinski definition) is 0. The van der Waals surface area contributed by atoms with Crippen molar-refractivity contribution in [1.82, 2.24) is 9.80 Å². The Morgan fingerprint density at radius 3 is 2.75 bits per heavy atom. The number of likely N-dealkylation sites (N-methyl/N-ethyl adjacent to an activating group) is 1. The monoisotopic (exact) mass is 326 g/mol. The number of nitrogens with zero attached hydrogens (tertiary/aromatic N) is 2. The second-order valence-corrected chi connectivity index (χ2v) is 7.77. The molecular weight excluding hydrogens is 300 g/mol. The molecule has 1 saturated heterocycles. The number of rotatable bonds is 2. The molecule has 0 bridgehead atoms. The molecule has 0 amide bonds. The summed E-state index contributed by atoms with van der Waals surface area (Å²) in [4.78, 5) is 17.4. The van der Waals surface area contributed by atoms with Gasteiger partial charge >= 0.3 is 0 Å². The highest BCUT2D eigenvalue weighted by atomic mass is 16.5. The van der Waals surface area contributed by atoms with Gasteiger partial charge in [0.25, 0.3) is 0 Å². The predicted molar refractivity (Wildman–Crippen MR) is 94.6 cm³/mol. The van der Waals surface area contributed by atoms with Gasteiger partial charge in [-0.1, -0.05) is 23.8 Å². The van der Waals surface area contributed by atoms with Gasteiger partial charge in [-0.3, -0.25) is 9.69 Å². The molecular formula is C20H26N2O2. The lowest BCUT2D eigenvalue weighted by Gasteiger charge is -2.36. The highest BCUT2D eigenvalue weighted by molar-refractivity contribution is 5.98. The Morgan fingerprint density at radius 1 is 1.25 bits per heavy atom. The Morgan fingerprint density at radius 2 is 2.00 bits per heavy atom. The average molecular weight is 326 g/mol. The van der Waals surface area contributed by atoms with Crippen LogP contribution in [-0.2, 0) is 10.2 Å². The van der Waals surface area contributed by atoms with Crippen molar-refractivity contribution in [2.75, 3.05) is 39.8 Å². The summed E-state index contributed by atoms with van der Waals surface area (Å²) in [6.07, 6.45) is 2.63. The Hall–Kier alpha value is -1.65. The van der Waals surface area contributed by atoms with E-state index in [4.69, 9.17) is 4.74 Å². The van der Waals surface area contributed by atoms with Crippen LogP contribution in [0.5, 0.6) is 5.75 Å². The van der Waals surface area contributed by atoms with Crippen LogP contribution in [0.2, 0.25) is 0 Å². The fourth-order valence-electron chi connectivity index (χ4n) is 4.16. The van der Waals surface area contributed by atoms with E-state index in [9.17, 15) is 4.79 Å². The van der Waals surface area contributed by atoms with E-state index in [1.54, 1.807) is 0 Å². The molecule has 128 valence electrons. The van der Waals surface area contributed by atoms with Crippen molar-refractivity contribution in [3.8, 4) is 5.75 Å². The minimum Gasteiger partial charge on any atom is -0.488 e. The van der Waals surface area contributed by atoms with E-state index in [-0.39, 0.29) is 17.3 Å². The zero-order valence-corrected chi connectivity index (χ0v) is 14.8. The smallest absolute Gasteiger partial charge is 0.163 e. The predicted octanol–water partition coefficient (Wildman–Crippen LogP) is 2.16. The molecule has 4 nitrogen and oxygen atoms in total. The first-order valence-corrected chi connectivity index (χ1v) is 8.89. The normalized spacial score (nSPS) is 30.5. The van der Waals surface area contributed by atoms with E-state index in [0.717, 1.165) is 44.0 Å². The molecule has 1 fully saturated rings. The van der Waals surface area contributed by atoms with Crippen LogP contribution in [0.25, 0.3) is 0 Å². The second-order valence-electron chi connectivity index (χ2n) is 7.77. The van der Waals surface area contributed by atoms with Gasteiger partial charge in [0.1, 0.15) is 11.9 Å². The lowest BCUT2D eigenvalue weighted by Crippen LogP contribution is -2.47. The van der Waals surface area contributed by atoms with Gasteiger partial charge in [-0.25, -0.2) is 0 Å². The SMILES string of the molecule is Cc1ccc2c(c1)[C@@]1(C)C=C(CN3CCN(C)CC3)C(=O)C[C@H]1O2. The minimum atomic E-state index is -0.183. The first-order chi connectivity index (χ1) is 11.5. The van der Waals surface area contributed by atoms with E-state index in [2.05, 4.69) is 48.9 Å². The zero-order valence-electron chi connectivity index (χ0n) is 14.8. The lowest BCUT2D eigenvalue weighted by atomic mass is 9.71. The van der Waals surface area contributed by atoms with Crippen LogP contribution in [0.4, 0.5) is 0 Å². The molecule has 2 heterocycles. The van der Waals surface area contributed by atoms with Crippen molar-refractivity contribution >= 4 is 5.78 Å². The van der Waals surface area contributed by atoms with E-state index >= 15 is 0 Å². The van der Waals surface area contributed by atoms with E-state index in [1.165, 1.54) is 11.1 Å². The van der Waals surface area contributed by atoms with Crippen LogP contribution in [0.15, 0.2) is 29.8 Å². The maximum Gasteiger partial charge on any atom is 0.163 e. The first-order valence-electron chi connectivity index (χ1n) is 8.89. The van der Waals surface area contributed by atoms with Crippen molar-refractivity contribution < 1.29 is 9.53 Å². The lowest BCUT2D eigenvalue weighted by molar-refractivity contribution is -0.118. The van der Waals surface area contributed by atoms with E-state index < -0.39 is 0 Å². The molecule has 2 atom stereocenters. The molecule has 0 unspecified atom stereocenters. The maximum absolute atomic E-state index is 12.6. The summed E-state index contributed by atoms with van der Waals surface area (Å²) in [5, 5.41) is 0. The molecule has 0 spiro atoms. The number of ether oxygens (including phenoxy) is 1. The Bertz CT molecular complexity index is 704. The van der Waals surface area contributed by atoms with Gasteiger partial charge in [0, 0.05) is 50.3 Å². The zero-order chi connectivity index (χ0) is 16.9. The molecule has 1 aromatic rings. The number of Topliss-reactive ketones (excluding diaryl/α,β-unsaturated/α-hetero) is 1. The van der Waals surface area contributed by atoms with Crippen LogP contribution < -0.4 is 4.74 Å². The van der Waals surface area contributed by atoms with Crippen LogP contribution in [0.3, 0.4) is 0 Å². The Kier molecular flexibility index (Phi) is 3.77. The number of carbonyl (C=O) groups is 1. The number of ketones is 1. The van der Waals surface area contributed by atoms with E-state index in [0.29, 0.717) is 6.42 Å². The number of aryl methyl sites for hydroxylation is 1. The molecule has 4 heteroatoms. The molecule has 2 aliphatic heterocycles. The fourth-order valence-corrected chi connectivity index (χ4v) is 4.16. The van der Waals surface area contributed by atoms with Gasteiger partial charge in [-0.05, 0) is 27.0 Å². The number of fused-ring (bicyclic) bond motifs is 3. The molecule has 4 rings (SSSR count). The number of benzene rings is 1. The second kappa shape index (κ2) is 5.71. The average Bonchev–Trinajstić information content (AvgIpc) is 2.82. The Balaban J connectivity index is 1.63. The van der Waals surface area contributed by atoms with Crippen LogP contribution in [-0.4, -0.2) is 61.5 Å². The van der Waals surface area contributed by atoms with Crippen LogP contribution >= 0.6 is 0 Å². The molecule has 24 heavy (non-hydrogen) atoms. The standard InChI is InChI=1S/C20H26N2O2/c1-14-4-5-18-16(10-14)20(2)12-15(17(23)11-19(20)24-18)13-22-8-6-21(3)7-9-22/h4-5,10,12,19H,6-9,11,13H2,1-3H3/t19-,20-/m1/s1. The maximum atomic E-state index is 12.6. The summed E-state index contributed by atoms with van der Waals surface area (Å²) in [6.45, 7) is 9.33. The molecule has 0 N–H and O–H groups in total. The third-order valence-electron chi connectivity index (χ3n) is 5.85. The molecule has 1 aromatic carbocycles.